The Kier molecular flexibility index (Phi) is 6.26. The molecule has 29 heavy (non-hydrogen) atoms. The first-order valence-corrected chi connectivity index (χ1v) is 9.31. The molecule has 0 saturated carbocycles. The molecule has 0 amide bonds. The Labute approximate surface area is 170 Å². The minimum Gasteiger partial charge on any atom is -0.496 e. The van der Waals surface area contributed by atoms with E-state index in [1.165, 1.54) is 14.2 Å². The van der Waals surface area contributed by atoms with Crippen LogP contribution in [0, 0.1) is 12.8 Å². The first-order chi connectivity index (χ1) is 14.0. The van der Waals surface area contributed by atoms with E-state index in [0.29, 0.717) is 28.5 Å². The van der Waals surface area contributed by atoms with Crippen LogP contribution in [-0.2, 0) is 14.4 Å². The van der Waals surface area contributed by atoms with E-state index in [0.717, 1.165) is 11.1 Å². The Morgan fingerprint density at radius 1 is 1.03 bits per heavy atom. The fourth-order valence-corrected chi connectivity index (χ4v) is 3.31. The number of methoxy groups -OCH3 is 3. The van der Waals surface area contributed by atoms with Crippen LogP contribution in [0.5, 0.6) is 17.2 Å². The molecule has 0 bridgehead atoms. The fraction of sp³-hybridized carbons (Fsp3) is 0.364. The summed E-state index contributed by atoms with van der Waals surface area (Å²) in [7, 11) is 4.62. The Balaban J connectivity index is 2.10. The van der Waals surface area contributed by atoms with Crippen LogP contribution in [0.4, 0.5) is 0 Å². The van der Waals surface area contributed by atoms with Gasteiger partial charge >= 0.3 is 5.97 Å². The van der Waals surface area contributed by atoms with Gasteiger partial charge in [0, 0.05) is 12.1 Å². The van der Waals surface area contributed by atoms with Crippen molar-refractivity contribution in [2.45, 2.75) is 20.0 Å². The molecule has 1 heterocycles. The highest BCUT2D eigenvalue weighted by atomic mass is 16.6. The number of hydrogen-bond acceptors (Lipinski definition) is 7. The topological polar surface area (TPSA) is 75.6 Å². The van der Waals surface area contributed by atoms with Gasteiger partial charge in [0.05, 0.1) is 33.5 Å². The standard InChI is InChI=1S/C22H25NO6/c1-6-28-22(24)19-20(23-29-21(19)14-9-7-13(2)8-10-14)18-16(26-4)11-15(25-3)12-17(18)27-5/h7-12,19,21H,6H2,1-5H3/t19-,21+/m1/s1. The smallest absolute Gasteiger partial charge is 0.319 e. The van der Waals surface area contributed by atoms with Crippen LogP contribution in [0.1, 0.15) is 29.7 Å². The molecule has 2 aromatic carbocycles. The zero-order valence-corrected chi connectivity index (χ0v) is 17.2. The van der Waals surface area contributed by atoms with Crippen molar-refractivity contribution in [1.29, 1.82) is 0 Å². The first kappa shape index (κ1) is 20.5. The normalized spacial score (nSPS) is 17.9. The first-order valence-electron chi connectivity index (χ1n) is 9.31. The van der Waals surface area contributed by atoms with E-state index >= 15 is 0 Å². The van der Waals surface area contributed by atoms with E-state index < -0.39 is 18.0 Å². The molecule has 0 radical (unpaired) electrons. The zero-order chi connectivity index (χ0) is 21.0. The van der Waals surface area contributed by atoms with E-state index in [1.807, 2.05) is 31.2 Å². The van der Waals surface area contributed by atoms with Gasteiger partial charge in [0.25, 0.3) is 0 Å². The molecule has 3 rings (SSSR count). The third kappa shape index (κ3) is 3.99. The summed E-state index contributed by atoms with van der Waals surface area (Å²) >= 11 is 0. The third-order valence-corrected chi connectivity index (χ3v) is 4.78. The van der Waals surface area contributed by atoms with Gasteiger partial charge in [0.15, 0.2) is 6.10 Å². The molecule has 7 heteroatoms. The van der Waals surface area contributed by atoms with Gasteiger partial charge in [-0.15, -0.1) is 0 Å². The van der Waals surface area contributed by atoms with Crippen LogP contribution in [0.25, 0.3) is 0 Å². The van der Waals surface area contributed by atoms with Crippen molar-refractivity contribution in [3.63, 3.8) is 0 Å². The van der Waals surface area contributed by atoms with Crippen LogP contribution in [0.3, 0.4) is 0 Å². The monoisotopic (exact) mass is 399 g/mol. The lowest BCUT2D eigenvalue weighted by Gasteiger charge is -2.20. The highest BCUT2D eigenvalue weighted by Crippen LogP contribution is 2.42. The number of nitrogens with zero attached hydrogens (tertiary/aromatic N) is 1. The van der Waals surface area contributed by atoms with Crippen molar-refractivity contribution in [3.8, 4) is 17.2 Å². The number of ether oxygens (including phenoxy) is 4. The molecular formula is C22H25NO6. The molecule has 7 nitrogen and oxygen atoms in total. The van der Waals surface area contributed by atoms with Gasteiger partial charge in [-0.05, 0) is 19.4 Å². The highest BCUT2D eigenvalue weighted by molar-refractivity contribution is 6.15. The molecule has 0 fully saturated rings. The second-order valence-electron chi connectivity index (χ2n) is 6.55. The molecule has 1 aliphatic rings. The summed E-state index contributed by atoms with van der Waals surface area (Å²) in [6.07, 6.45) is -0.610. The maximum absolute atomic E-state index is 12.9. The molecule has 0 unspecified atom stereocenters. The van der Waals surface area contributed by atoms with E-state index in [4.69, 9.17) is 23.8 Å². The van der Waals surface area contributed by atoms with Gasteiger partial charge in [0.1, 0.15) is 28.9 Å². The summed E-state index contributed by atoms with van der Waals surface area (Å²) in [5.41, 5.74) is 2.87. The van der Waals surface area contributed by atoms with Gasteiger partial charge in [-0.3, -0.25) is 4.79 Å². The number of oxime groups is 1. The number of hydrogen-bond donors (Lipinski definition) is 0. The molecule has 154 valence electrons. The summed E-state index contributed by atoms with van der Waals surface area (Å²) < 4.78 is 21.7. The van der Waals surface area contributed by atoms with E-state index in [1.54, 1.807) is 26.2 Å². The van der Waals surface area contributed by atoms with E-state index in [9.17, 15) is 4.79 Å². The maximum Gasteiger partial charge on any atom is 0.319 e. The molecule has 1 aliphatic heterocycles. The number of carbonyl (C=O) groups excluding carboxylic acids is 1. The van der Waals surface area contributed by atoms with Gasteiger partial charge in [-0.1, -0.05) is 35.0 Å². The predicted molar refractivity (Wildman–Crippen MR) is 108 cm³/mol. The second-order valence-corrected chi connectivity index (χ2v) is 6.55. The lowest BCUT2D eigenvalue weighted by Crippen LogP contribution is -2.29. The van der Waals surface area contributed by atoms with Crippen LogP contribution < -0.4 is 14.2 Å². The summed E-state index contributed by atoms with van der Waals surface area (Å²) in [4.78, 5) is 18.6. The van der Waals surface area contributed by atoms with Crippen molar-refractivity contribution in [2.24, 2.45) is 11.1 Å². The highest BCUT2D eigenvalue weighted by Gasteiger charge is 2.44. The van der Waals surface area contributed by atoms with Crippen LogP contribution >= 0.6 is 0 Å². The second kappa shape index (κ2) is 8.86. The van der Waals surface area contributed by atoms with Crippen molar-refractivity contribution in [1.82, 2.24) is 0 Å². The minimum atomic E-state index is -0.770. The van der Waals surface area contributed by atoms with Crippen molar-refractivity contribution in [2.75, 3.05) is 27.9 Å². The van der Waals surface area contributed by atoms with Crippen molar-refractivity contribution < 1.29 is 28.6 Å². The van der Waals surface area contributed by atoms with Gasteiger partial charge in [-0.2, -0.15) is 0 Å². The van der Waals surface area contributed by atoms with Crippen LogP contribution in [-0.4, -0.2) is 39.6 Å². The third-order valence-electron chi connectivity index (χ3n) is 4.78. The molecule has 0 saturated heterocycles. The van der Waals surface area contributed by atoms with Crippen molar-refractivity contribution in [3.05, 3.63) is 53.1 Å². The molecule has 0 aromatic heterocycles. The average Bonchev–Trinajstić information content (AvgIpc) is 3.18. The summed E-state index contributed by atoms with van der Waals surface area (Å²) in [6.45, 7) is 4.01. The number of carbonyl (C=O) groups is 1. The van der Waals surface area contributed by atoms with Crippen LogP contribution in [0.15, 0.2) is 41.6 Å². The van der Waals surface area contributed by atoms with Gasteiger partial charge in [0.2, 0.25) is 0 Å². The molecular weight excluding hydrogens is 374 g/mol. The van der Waals surface area contributed by atoms with Gasteiger partial charge in [-0.25, -0.2) is 0 Å². The Hall–Kier alpha value is -3.22. The fourth-order valence-electron chi connectivity index (χ4n) is 3.31. The molecule has 2 aromatic rings. The number of esters is 1. The largest absolute Gasteiger partial charge is 0.496 e. The minimum absolute atomic E-state index is 0.250. The Morgan fingerprint density at radius 3 is 2.17 bits per heavy atom. The van der Waals surface area contributed by atoms with Crippen molar-refractivity contribution >= 4 is 11.7 Å². The molecule has 0 spiro atoms. The Morgan fingerprint density at radius 2 is 1.66 bits per heavy atom. The predicted octanol–water partition coefficient (Wildman–Crippen LogP) is 3.68. The summed E-state index contributed by atoms with van der Waals surface area (Å²) in [6, 6.07) is 11.2. The number of aryl methyl sites for hydroxylation is 1. The quantitative estimate of drug-likeness (QED) is 0.661. The van der Waals surface area contributed by atoms with E-state index in [-0.39, 0.29) is 6.61 Å². The lowest BCUT2D eigenvalue weighted by atomic mass is 9.87. The molecule has 0 N–H and O–H groups in total. The SMILES string of the molecule is CCOC(=O)[C@@H]1C(c2c(OC)cc(OC)cc2OC)=NO[C@H]1c1ccc(C)cc1. The molecule has 0 aliphatic carbocycles. The van der Waals surface area contributed by atoms with E-state index in [2.05, 4.69) is 5.16 Å². The summed E-state index contributed by atoms with van der Waals surface area (Å²) in [5.74, 6) is 0.289. The number of benzene rings is 2. The Bertz CT molecular complexity index is 881. The average molecular weight is 399 g/mol. The lowest BCUT2D eigenvalue weighted by molar-refractivity contribution is -0.148. The maximum atomic E-state index is 12.9. The summed E-state index contributed by atoms with van der Waals surface area (Å²) in [5, 5.41) is 4.26. The van der Waals surface area contributed by atoms with Gasteiger partial charge < -0.3 is 23.8 Å². The molecule has 2 atom stereocenters. The number of rotatable bonds is 7. The zero-order valence-electron chi connectivity index (χ0n) is 17.2. The van der Waals surface area contributed by atoms with Crippen LogP contribution in [0.2, 0.25) is 0 Å².